The first kappa shape index (κ1) is 20.7. The quantitative estimate of drug-likeness (QED) is 0.468. The summed E-state index contributed by atoms with van der Waals surface area (Å²) in [5.41, 5.74) is 1.26. The van der Waals surface area contributed by atoms with Crippen LogP contribution < -0.4 is 10.1 Å². The third-order valence-corrected chi connectivity index (χ3v) is 4.69. The lowest BCUT2D eigenvalue weighted by Gasteiger charge is -2.22. The molecule has 2 aromatic rings. The first-order valence-corrected chi connectivity index (χ1v) is 9.10. The lowest BCUT2D eigenvalue weighted by Crippen LogP contribution is -2.29. The van der Waals surface area contributed by atoms with Crippen LogP contribution in [0, 0.1) is 18.3 Å². The van der Waals surface area contributed by atoms with E-state index in [1.54, 1.807) is 24.3 Å². The normalized spacial score (nSPS) is 15.6. The molecular formula is C21H19N3O6. The van der Waals surface area contributed by atoms with Crippen LogP contribution >= 0.6 is 0 Å². The maximum Gasteiger partial charge on any atom is 0.353 e. The van der Waals surface area contributed by atoms with Crippen LogP contribution in [0.2, 0.25) is 0 Å². The minimum atomic E-state index is -1.37. The molecular weight excluding hydrogens is 390 g/mol. The Morgan fingerprint density at radius 2 is 2.10 bits per heavy atom. The molecule has 1 heterocycles. The first-order valence-electron chi connectivity index (χ1n) is 9.10. The Balaban J connectivity index is 1.76. The van der Waals surface area contributed by atoms with Crippen LogP contribution in [0.25, 0.3) is 5.70 Å². The number of carboxylic acids is 2. The Labute approximate surface area is 172 Å². The van der Waals surface area contributed by atoms with Gasteiger partial charge in [-0.2, -0.15) is 0 Å². The summed E-state index contributed by atoms with van der Waals surface area (Å²) in [4.78, 5) is 39.3. The number of benzene rings is 1. The molecule has 0 bridgehead atoms. The van der Waals surface area contributed by atoms with Crippen LogP contribution in [-0.2, 0) is 27.2 Å². The number of hydrogen-bond donors (Lipinski definition) is 3. The average Bonchev–Trinajstić information content (AvgIpc) is 3.14. The van der Waals surface area contributed by atoms with E-state index < -0.39 is 17.6 Å². The van der Waals surface area contributed by atoms with E-state index in [0.717, 1.165) is 0 Å². The van der Waals surface area contributed by atoms with Crippen molar-refractivity contribution in [2.24, 2.45) is 5.92 Å². The van der Waals surface area contributed by atoms with E-state index in [1.807, 2.05) is 0 Å². The summed E-state index contributed by atoms with van der Waals surface area (Å²) in [6.45, 7) is 0.0763. The highest BCUT2D eigenvalue weighted by atomic mass is 16.5. The SMILES string of the molecule is C#CCOc1ccccc1NC(=O)C1CCc2c(ncn2/C(=C\C(=O)O)C(=O)O)C1. The van der Waals surface area contributed by atoms with Gasteiger partial charge in [-0.3, -0.25) is 9.36 Å². The molecule has 0 radical (unpaired) electrons. The number of aromatic nitrogens is 2. The van der Waals surface area contributed by atoms with Gasteiger partial charge in [0.15, 0.2) is 0 Å². The minimum Gasteiger partial charge on any atom is -0.479 e. The van der Waals surface area contributed by atoms with Crippen molar-refractivity contribution in [3.05, 3.63) is 48.1 Å². The topological polar surface area (TPSA) is 131 Å². The number of carboxylic acid groups (broad SMARTS) is 2. The highest BCUT2D eigenvalue weighted by Crippen LogP contribution is 2.29. The maximum absolute atomic E-state index is 12.8. The number of carbonyl (C=O) groups is 3. The molecule has 9 nitrogen and oxygen atoms in total. The average molecular weight is 409 g/mol. The second-order valence-electron chi connectivity index (χ2n) is 6.60. The number of carbonyl (C=O) groups excluding carboxylic acids is 1. The van der Waals surface area contributed by atoms with Crippen LogP contribution in [0.4, 0.5) is 5.69 Å². The second kappa shape index (κ2) is 8.96. The molecule has 1 aromatic carbocycles. The maximum atomic E-state index is 12.8. The van der Waals surface area contributed by atoms with Gasteiger partial charge in [-0.1, -0.05) is 18.1 Å². The predicted molar refractivity (Wildman–Crippen MR) is 107 cm³/mol. The molecule has 3 rings (SSSR count). The zero-order chi connectivity index (χ0) is 21.7. The number of aliphatic carboxylic acids is 2. The van der Waals surface area contributed by atoms with Gasteiger partial charge in [0.2, 0.25) is 5.91 Å². The first-order chi connectivity index (χ1) is 14.4. The van der Waals surface area contributed by atoms with Gasteiger partial charge in [0.25, 0.3) is 0 Å². The fourth-order valence-electron chi connectivity index (χ4n) is 3.32. The molecule has 1 atom stereocenters. The summed E-state index contributed by atoms with van der Waals surface area (Å²) in [7, 11) is 0. The van der Waals surface area contributed by atoms with Crippen molar-refractivity contribution in [2.45, 2.75) is 19.3 Å². The Hall–Kier alpha value is -4.06. The highest BCUT2D eigenvalue weighted by Gasteiger charge is 2.30. The molecule has 0 saturated carbocycles. The third-order valence-electron chi connectivity index (χ3n) is 4.69. The number of imidazole rings is 1. The van der Waals surface area contributed by atoms with Gasteiger partial charge in [-0.15, -0.1) is 6.42 Å². The number of nitrogens with zero attached hydrogens (tertiary/aromatic N) is 2. The lowest BCUT2D eigenvalue weighted by molar-refractivity contribution is -0.133. The number of para-hydroxylation sites is 2. The molecule has 0 saturated heterocycles. The lowest BCUT2D eigenvalue weighted by atomic mass is 9.89. The van der Waals surface area contributed by atoms with Crippen molar-refractivity contribution in [3.8, 4) is 18.1 Å². The largest absolute Gasteiger partial charge is 0.479 e. The molecule has 154 valence electrons. The van der Waals surface area contributed by atoms with E-state index in [1.165, 1.54) is 10.9 Å². The molecule has 1 unspecified atom stereocenters. The molecule has 1 aromatic heterocycles. The van der Waals surface area contributed by atoms with E-state index >= 15 is 0 Å². The molecule has 1 aliphatic carbocycles. The number of rotatable bonds is 7. The van der Waals surface area contributed by atoms with E-state index in [9.17, 15) is 19.5 Å². The molecule has 30 heavy (non-hydrogen) atoms. The van der Waals surface area contributed by atoms with Gasteiger partial charge >= 0.3 is 11.9 Å². The van der Waals surface area contributed by atoms with E-state index in [0.29, 0.717) is 48.2 Å². The zero-order valence-electron chi connectivity index (χ0n) is 15.9. The van der Waals surface area contributed by atoms with E-state index in [-0.39, 0.29) is 18.4 Å². The number of amides is 1. The highest BCUT2D eigenvalue weighted by molar-refractivity contribution is 6.13. The molecule has 1 aliphatic rings. The predicted octanol–water partition coefficient (Wildman–Crippen LogP) is 1.65. The summed E-state index contributed by atoms with van der Waals surface area (Å²) >= 11 is 0. The molecule has 3 N–H and O–H groups in total. The van der Waals surface area contributed by atoms with Gasteiger partial charge in [0, 0.05) is 18.0 Å². The Kier molecular flexibility index (Phi) is 6.17. The number of fused-ring (bicyclic) bond motifs is 1. The number of terminal acetylenes is 1. The van der Waals surface area contributed by atoms with Crippen molar-refractivity contribution in [3.63, 3.8) is 0 Å². The fourth-order valence-corrected chi connectivity index (χ4v) is 3.32. The number of hydrogen-bond acceptors (Lipinski definition) is 5. The second-order valence-corrected chi connectivity index (χ2v) is 6.60. The van der Waals surface area contributed by atoms with E-state index in [4.69, 9.17) is 16.3 Å². The molecule has 1 amide bonds. The Morgan fingerprint density at radius 3 is 2.80 bits per heavy atom. The Bertz CT molecular complexity index is 1060. The van der Waals surface area contributed by atoms with Gasteiger partial charge in [-0.05, 0) is 25.0 Å². The smallest absolute Gasteiger partial charge is 0.353 e. The molecule has 9 heteroatoms. The van der Waals surface area contributed by atoms with Gasteiger partial charge in [-0.25, -0.2) is 14.6 Å². The number of anilines is 1. The van der Waals surface area contributed by atoms with Crippen LogP contribution in [0.5, 0.6) is 5.75 Å². The van der Waals surface area contributed by atoms with Crippen LogP contribution in [0.1, 0.15) is 17.8 Å². The third kappa shape index (κ3) is 4.50. The zero-order valence-corrected chi connectivity index (χ0v) is 15.9. The van der Waals surface area contributed by atoms with Crippen molar-refractivity contribution in [1.29, 1.82) is 0 Å². The summed E-state index contributed by atoms with van der Waals surface area (Å²) in [5, 5.41) is 21.1. The minimum absolute atomic E-state index is 0.0763. The molecule has 0 spiro atoms. The van der Waals surface area contributed by atoms with E-state index in [2.05, 4.69) is 16.2 Å². The summed E-state index contributed by atoms with van der Waals surface area (Å²) < 4.78 is 6.69. The summed E-state index contributed by atoms with van der Waals surface area (Å²) in [6, 6.07) is 6.95. The van der Waals surface area contributed by atoms with Crippen molar-refractivity contribution in [2.75, 3.05) is 11.9 Å². The monoisotopic (exact) mass is 409 g/mol. The number of nitrogens with one attached hydrogen (secondary N) is 1. The van der Waals surface area contributed by atoms with Crippen molar-refractivity contribution in [1.82, 2.24) is 9.55 Å². The van der Waals surface area contributed by atoms with Gasteiger partial charge < -0.3 is 20.3 Å². The molecule has 0 aliphatic heterocycles. The van der Waals surface area contributed by atoms with Crippen molar-refractivity contribution < 1.29 is 29.3 Å². The van der Waals surface area contributed by atoms with Crippen molar-refractivity contribution >= 4 is 29.2 Å². The van der Waals surface area contributed by atoms with Gasteiger partial charge in [0.1, 0.15) is 18.1 Å². The summed E-state index contributed by atoms with van der Waals surface area (Å²) in [5.74, 6) is -0.493. The Morgan fingerprint density at radius 1 is 1.33 bits per heavy atom. The standard InChI is InChI=1S/C21H19N3O6/c1-2-9-30-18-6-4-3-5-14(18)23-20(27)13-7-8-16-15(10-13)22-12-24(16)17(21(28)29)11-19(25)26/h1,3-6,11-13H,7-10H2,(H,23,27)(H,25,26)(H,28,29)/b17-11-. The number of ether oxygens (including phenoxy) is 1. The van der Waals surface area contributed by atoms with Crippen LogP contribution in [0.3, 0.4) is 0 Å². The van der Waals surface area contributed by atoms with Crippen LogP contribution in [0.15, 0.2) is 36.7 Å². The van der Waals surface area contributed by atoms with Gasteiger partial charge in [0.05, 0.1) is 23.8 Å². The molecule has 0 fully saturated rings. The fraction of sp³-hybridized carbons (Fsp3) is 0.238. The van der Waals surface area contributed by atoms with Crippen LogP contribution in [-0.4, -0.2) is 44.2 Å². The summed E-state index contributed by atoms with van der Waals surface area (Å²) in [6.07, 6.45) is 8.25.